The van der Waals surface area contributed by atoms with E-state index in [1.165, 1.54) is 11.8 Å². The fourth-order valence-electron chi connectivity index (χ4n) is 6.35. The van der Waals surface area contributed by atoms with Crippen molar-refractivity contribution in [1.82, 2.24) is 20.9 Å². The van der Waals surface area contributed by atoms with E-state index >= 15 is 0 Å². The first kappa shape index (κ1) is 39.8. The number of carbonyl (C=O) groups is 4. The second-order valence-corrected chi connectivity index (χ2v) is 13.7. The van der Waals surface area contributed by atoms with E-state index in [0.29, 0.717) is 37.7 Å². The summed E-state index contributed by atoms with van der Waals surface area (Å²) in [5.41, 5.74) is 0.935. The molecule has 1 saturated heterocycles. The molecule has 4 N–H and O–H groups in total. The van der Waals surface area contributed by atoms with Gasteiger partial charge in [-0.15, -0.1) is 12.4 Å². The summed E-state index contributed by atoms with van der Waals surface area (Å²) >= 11 is 1.41. The molecule has 4 atom stereocenters. The van der Waals surface area contributed by atoms with E-state index in [1.807, 2.05) is 48.5 Å². The van der Waals surface area contributed by atoms with Gasteiger partial charge in [-0.05, 0) is 64.3 Å². The molecule has 260 valence electrons. The second-order valence-electron chi connectivity index (χ2n) is 12.8. The van der Waals surface area contributed by atoms with E-state index < -0.39 is 42.1 Å². The molecular weight excluding hydrogens is 628 g/mol. The number of nitrogens with zero attached hydrogens (tertiary/aromatic N) is 1. The van der Waals surface area contributed by atoms with Crippen LogP contribution in [0.1, 0.15) is 77.2 Å². The molecule has 0 radical (unpaired) electrons. The Kier molecular flexibility index (Phi) is 18.0. The zero-order valence-corrected chi connectivity index (χ0v) is 29.5. The number of hydrogen-bond acceptors (Lipinski definition) is 8. The molecule has 3 rings (SSSR count). The van der Waals surface area contributed by atoms with Gasteiger partial charge in [-0.1, -0.05) is 62.4 Å². The van der Waals surface area contributed by atoms with Crippen molar-refractivity contribution in [1.29, 1.82) is 0 Å². The number of piperidine rings is 1. The quantitative estimate of drug-likeness (QED) is 0.195. The lowest BCUT2D eigenvalue weighted by atomic mass is 9.83. The molecule has 0 unspecified atom stereocenters. The van der Waals surface area contributed by atoms with Gasteiger partial charge in [0.15, 0.2) is 6.10 Å². The Morgan fingerprint density at radius 3 is 2.22 bits per heavy atom. The van der Waals surface area contributed by atoms with Crippen molar-refractivity contribution >= 4 is 47.9 Å². The molecule has 46 heavy (non-hydrogen) atoms. The Labute approximate surface area is 285 Å². The largest absolute Gasteiger partial charge is 0.461 e. The lowest BCUT2D eigenvalue weighted by Gasteiger charge is -2.33. The average molecular weight is 683 g/mol. The Bertz CT molecular complexity index is 1080. The molecule has 0 bridgehead atoms. The highest BCUT2D eigenvalue weighted by molar-refractivity contribution is 7.98. The number of benzene rings is 1. The average Bonchev–Trinajstić information content (AvgIpc) is 3.04. The number of thioether (sulfide) groups is 1. The third-order valence-corrected chi connectivity index (χ3v) is 9.62. The van der Waals surface area contributed by atoms with E-state index in [0.717, 1.165) is 50.5 Å². The lowest BCUT2D eigenvalue weighted by Crippen LogP contribution is -2.56. The van der Waals surface area contributed by atoms with Crippen LogP contribution in [0.25, 0.3) is 0 Å². The standard InChI is InChI=1S/C34H54N4O6S.ClH/c1-23(2)44-34(43)31(40)28(20-25-13-9-6-10-14-25)36-33(42)29(22-45-4)37-32(41)26(19-24-11-7-5-8-12-24)21-30(39)38-17-15-27(35-3)16-18-38;/h5,7-8,11-12,23,25-29,31,35,40H,6,9-10,13-22H2,1-4H3,(H,36,42)(H,37,41);1H/t26-,28+,29+,31-;/m1./s1. The van der Waals surface area contributed by atoms with Crippen LogP contribution in [-0.4, -0.2) is 96.2 Å². The zero-order valence-electron chi connectivity index (χ0n) is 27.9. The van der Waals surface area contributed by atoms with Gasteiger partial charge in [0.1, 0.15) is 6.04 Å². The van der Waals surface area contributed by atoms with Gasteiger partial charge in [-0.25, -0.2) is 4.79 Å². The fourth-order valence-corrected chi connectivity index (χ4v) is 6.92. The van der Waals surface area contributed by atoms with Crippen molar-refractivity contribution in [2.24, 2.45) is 11.8 Å². The normalized spacial score (nSPS) is 18.5. The minimum absolute atomic E-state index is 0. The molecule has 0 spiro atoms. The minimum atomic E-state index is -1.51. The molecule has 1 saturated carbocycles. The van der Waals surface area contributed by atoms with E-state index in [4.69, 9.17) is 4.74 Å². The molecule has 1 aromatic rings. The lowest BCUT2D eigenvalue weighted by molar-refractivity contribution is -0.159. The summed E-state index contributed by atoms with van der Waals surface area (Å²) in [6, 6.07) is 8.22. The predicted molar refractivity (Wildman–Crippen MR) is 185 cm³/mol. The van der Waals surface area contributed by atoms with Crippen LogP contribution in [0.4, 0.5) is 0 Å². The number of carbonyl (C=O) groups excluding carboxylic acids is 4. The molecule has 0 aromatic heterocycles. The maximum Gasteiger partial charge on any atom is 0.337 e. The SMILES string of the molecule is CNC1CCN(C(=O)C[C@@H](Cc2ccccc2)C(=O)N[C@@H](CSC)C(=O)N[C@@H](CC2CCCCC2)[C@@H](O)C(=O)OC(C)C)CC1.Cl. The van der Waals surface area contributed by atoms with Crippen LogP contribution in [0, 0.1) is 11.8 Å². The van der Waals surface area contributed by atoms with Gasteiger partial charge in [-0.3, -0.25) is 14.4 Å². The number of ether oxygens (including phenoxy) is 1. The Morgan fingerprint density at radius 2 is 1.63 bits per heavy atom. The smallest absolute Gasteiger partial charge is 0.337 e. The molecule has 3 amide bonds. The maximum atomic E-state index is 13.8. The Morgan fingerprint density at radius 1 is 0.978 bits per heavy atom. The molecule has 10 nitrogen and oxygen atoms in total. The van der Waals surface area contributed by atoms with Crippen molar-refractivity contribution in [3.05, 3.63) is 35.9 Å². The topological polar surface area (TPSA) is 137 Å². The highest BCUT2D eigenvalue weighted by atomic mass is 35.5. The summed E-state index contributed by atoms with van der Waals surface area (Å²) in [6.07, 6.45) is 7.81. The third kappa shape index (κ3) is 13.0. The fraction of sp³-hybridized carbons (Fsp3) is 0.706. The van der Waals surface area contributed by atoms with E-state index in [9.17, 15) is 24.3 Å². The monoisotopic (exact) mass is 682 g/mol. The van der Waals surface area contributed by atoms with E-state index in [2.05, 4.69) is 16.0 Å². The summed E-state index contributed by atoms with van der Waals surface area (Å²) in [4.78, 5) is 55.4. The Hall–Kier alpha value is -2.34. The van der Waals surface area contributed by atoms with Crippen LogP contribution >= 0.6 is 24.2 Å². The van der Waals surface area contributed by atoms with Gasteiger partial charge >= 0.3 is 5.97 Å². The van der Waals surface area contributed by atoms with Crippen molar-refractivity contribution in [3.63, 3.8) is 0 Å². The maximum absolute atomic E-state index is 13.8. The molecule has 1 aliphatic carbocycles. The van der Waals surface area contributed by atoms with Gasteiger partial charge < -0.3 is 30.7 Å². The molecule has 12 heteroatoms. The van der Waals surface area contributed by atoms with Crippen LogP contribution in [-0.2, 0) is 30.3 Å². The highest BCUT2D eigenvalue weighted by Crippen LogP contribution is 2.28. The number of esters is 1. The summed E-state index contributed by atoms with van der Waals surface area (Å²) < 4.78 is 5.27. The first-order valence-corrected chi connectivity index (χ1v) is 18.0. The summed E-state index contributed by atoms with van der Waals surface area (Å²) in [5.74, 6) is -1.75. The first-order chi connectivity index (χ1) is 21.6. The number of nitrogens with one attached hydrogen (secondary N) is 3. The number of halogens is 1. The van der Waals surface area contributed by atoms with E-state index in [1.54, 1.807) is 13.8 Å². The van der Waals surface area contributed by atoms with Gasteiger partial charge in [0.05, 0.1) is 18.1 Å². The van der Waals surface area contributed by atoms with Crippen molar-refractivity contribution in [2.45, 2.75) is 108 Å². The van der Waals surface area contributed by atoms with Crippen molar-refractivity contribution in [3.8, 4) is 0 Å². The van der Waals surface area contributed by atoms with Crippen LogP contribution in [0.5, 0.6) is 0 Å². The summed E-state index contributed by atoms with van der Waals surface area (Å²) in [6.45, 7) is 4.71. The molecular formula is C34H55ClN4O6S. The van der Waals surface area contributed by atoms with Gasteiger partial charge in [-0.2, -0.15) is 11.8 Å². The van der Waals surface area contributed by atoms with Gasteiger partial charge in [0.2, 0.25) is 17.7 Å². The molecule has 2 aliphatic rings. The van der Waals surface area contributed by atoms with Gasteiger partial charge in [0, 0.05) is 31.3 Å². The van der Waals surface area contributed by atoms with Crippen LogP contribution in [0.3, 0.4) is 0 Å². The zero-order chi connectivity index (χ0) is 32.8. The molecule has 1 aliphatic heterocycles. The van der Waals surface area contributed by atoms with Gasteiger partial charge in [0.25, 0.3) is 0 Å². The molecule has 2 fully saturated rings. The highest BCUT2D eigenvalue weighted by Gasteiger charge is 2.35. The first-order valence-electron chi connectivity index (χ1n) is 16.6. The Balaban J connectivity index is 0.00000736. The second kappa shape index (κ2) is 20.8. The number of aliphatic hydroxyl groups excluding tert-OH is 1. The summed E-state index contributed by atoms with van der Waals surface area (Å²) in [5, 5.41) is 20.1. The number of amides is 3. The third-order valence-electron chi connectivity index (χ3n) is 8.95. The van der Waals surface area contributed by atoms with Crippen molar-refractivity contribution < 1.29 is 29.0 Å². The van der Waals surface area contributed by atoms with E-state index in [-0.39, 0.29) is 36.6 Å². The number of rotatable bonds is 16. The predicted octanol–water partition coefficient (Wildman–Crippen LogP) is 3.48. The van der Waals surface area contributed by atoms with Crippen LogP contribution < -0.4 is 16.0 Å². The van der Waals surface area contributed by atoms with Crippen LogP contribution in [0.15, 0.2) is 30.3 Å². The van der Waals surface area contributed by atoms with Crippen molar-refractivity contribution in [2.75, 3.05) is 32.1 Å². The summed E-state index contributed by atoms with van der Waals surface area (Å²) in [7, 11) is 1.93. The van der Waals surface area contributed by atoms with Crippen LogP contribution in [0.2, 0.25) is 0 Å². The molecule has 1 aromatic carbocycles. The number of aliphatic hydroxyl groups is 1. The number of likely N-dealkylation sites (tertiary alicyclic amines) is 1. The minimum Gasteiger partial charge on any atom is -0.461 e. The molecule has 1 heterocycles. The number of hydrogen-bond donors (Lipinski definition) is 4.